The predicted molar refractivity (Wildman–Crippen MR) is 74.2 cm³/mol. The molecule has 0 aliphatic heterocycles. The molecule has 0 spiro atoms. The van der Waals surface area contributed by atoms with Gasteiger partial charge in [-0.3, -0.25) is 4.79 Å². The maximum atomic E-state index is 11.6. The average molecular weight is 276 g/mol. The van der Waals surface area contributed by atoms with Gasteiger partial charge < -0.3 is 15.6 Å². The van der Waals surface area contributed by atoms with Crippen LogP contribution in [0.15, 0.2) is 24.3 Å². The molecule has 0 radical (unpaired) electrons. The van der Waals surface area contributed by atoms with E-state index in [0.29, 0.717) is 6.42 Å². The van der Waals surface area contributed by atoms with E-state index in [0.717, 1.165) is 11.1 Å². The highest BCUT2D eigenvalue weighted by Crippen LogP contribution is 2.20. The summed E-state index contributed by atoms with van der Waals surface area (Å²) in [5.41, 5.74) is 6.49. The number of hydrogen-bond donors (Lipinski definition) is 2. The Bertz CT molecular complexity index is 479. The molecule has 1 rings (SSSR count). The fourth-order valence-electron chi connectivity index (χ4n) is 1.56. The Kier molecular flexibility index (Phi) is 6.16. The van der Waals surface area contributed by atoms with Crippen LogP contribution in [0.5, 0.6) is 0 Å². The number of nitriles is 1. The summed E-state index contributed by atoms with van der Waals surface area (Å²) in [6, 6.07) is 9.29. The molecule has 108 valence electrons. The number of nitrogens with two attached hydrogens (primary N) is 1. The number of aliphatic hydroxyl groups excluding tert-OH is 1. The van der Waals surface area contributed by atoms with Crippen LogP contribution in [0.2, 0.25) is 0 Å². The van der Waals surface area contributed by atoms with Crippen LogP contribution in [0.3, 0.4) is 0 Å². The first-order chi connectivity index (χ1) is 9.53. The van der Waals surface area contributed by atoms with Gasteiger partial charge in [0.05, 0.1) is 18.1 Å². The Morgan fingerprint density at radius 2 is 2.00 bits per heavy atom. The highest BCUT2D eigenvalue weighted by Gasteiger charge is 2.23. The lowest BCUT2D eigenvalue weighted by molar-refractivity contribution is -0.145. The smallest absolute Gasteiger partial charge is 0.306 e. The SMILES string of the molecule is CC(C#N)(CN)CCC(=O)OCc1ccc(CO)cc1. The topological polar surface area (TPSA) is 96.3 Å². The Morgan fingerprint density at radius 1 is 1.40 bits per heavy atom. The van der Waals surface area contributed by atoms with Crippen molar-refractivity contribution in [2.45, 2.75) is 33.0 Å². The van der Waals surface area contributed by atoms with Crippen LogP contribution in [-0.2, 0) is 22.7 Å². The fourth-order valence-corrected chi connectivity index (χ4v) is 1.56. The van der Waals surface area contributed by atoms with E-state index in [2.05, 4.69) is 6.07 Å². The van der Waals surface area contributed by atoms with Gasteiger partial charge in [-0.25, -0.2) is 0 Å². The predicted octanol–water partition coefficient (Wildman–Crippen LogP) is 1.49. The molecule has 0 heterocycles. The summed E-state index contributed by atoms with van der Waals surface area (Å²) in [6.07, 6.45) is 0.568. The number of aliphatic hydroxyl groups is 1. The Hall–Kier alpha value is -1.90. The lowest BCUT2D eigenvalue weighted by Crippen LogP contribution is -2.26. The number of carbonyl (C=O) groups excluding carboxylic acids is 1. The van der Waals surface area contributed by atoms with E-state index in [1.807, 2.05) is 0 Å². The van der Waals surface area contributed by atoms with Gasteiger partial charge in [-0.1, -0.05) is 24.3 Å². The zero-order chi connectivity index (χ0) is 15.0. The van der Waals surface area contributed by atoms with Crippen LogP contribution < -0.4 is 5.73 Å². The van der Waals surface area contributed by atoms with Gasteiger partial charge in [0.25, 0.3) is 0 Å². The molecular formula is C15H20N2O3. The standard InChI is InChI=1S/C15H20N2O3/c1-15(10-16,11-17)7-6-14(19)20-9-13-4-2-12(8-18)3-5-13/h2-5,18H,6-10,16H2,1H3. The van der Waals surface area contributed by atoms with Gasteiger partial charge in [0.1, 0.15) is 6.61 Å². The fraction of sp³-hybridized carbons (Fsp3) is 0.467. The van der Waals surface area contributed by atoms with Gasteiger partial charge in [-0.15, -0.1) is 0 Å². The third kappa shape index (κ3) is 5.00. The molecule has 3 N–H and O–H groups in total. The lowest BCUT2D eigenvalue weighted by atomic mass is 9.87. The van der Waals surface area contributed by atoms with Gasteiger partial charge in [-0.05, 0) is 24.5 Å². The van der Waals surface area contributed by atoms with Gasteiger partial charge in [0.2, 0.25) is 0 Å². The summed E-state index contributed by atoms with van der Waals surface area (Å²) in [6.45, 7) is 2.13. The highest BCUT2D eigenvalue weighted by molar-refractivity contribution is 5.69. The molecule has 5 heteroatoms. The van der Waals surface area contributed by atoms with E-state index in [-0.39, 0.29) is 32.1 Å². The number of hydrogen-bond acceptors (Lipinski definition) is 5. The maximum Gasteiger partial charge on any atom is 0.306 e. The molecule has 0 amide bonds. The molecule has 20 heavy (non-hydrogen) atoms. The molecule has 5 nitrogen and oxygen atoms in total. The zero-order valence-corrected chi connectivity index (χ0v) is 11.6. The van der Waals surface area contributed by atoms with Crippen LogP contribution in [0, 0.1) is 16.7 Å². The Morgan fingerprint density at radius 3 is 2.50 bits per heavy atom. The van der Waals surface area contributed by atoms with Crippen LogP contribution in [-0.4, -0.2) is 17.6 Å². The van der Waals surface area contributed by atoms with Crippen molar-refractivity contribution in [3.8, 4) is 6.07 Å². The number of carbonyl (C=O) groups is 1. The van der Waals surface area contributed by atoms with Crippen LogP contribution >= 0.6 is 0 Å². The van der Waals surface area contributed by atoms with Gasteiger partial charge in [0, 0.05) is 13.0 Å². The highest BCUT2D eigenvalue weighted by atomic mass is 16.5. The first-order valence-corrected chi connectivity index (χ1v) is 6.48. The van der Waals surface area contributed by atoms with Gasteiger partial charge >= 0.3 is 5.97 Å². The molecule has 0 saturated carbocycles. The van der Waals surface area contributed by atoms with E-state index in [1.165, 1.54) is 0 Å². The van der Waals surface area contributed by atoms with E-state index in [4.69, 9.17) is 20.8 Å². The minimum Gasteiger partial charge on any atom is -0.461 e. The molecule has 0 fully saturated rings. The number of ether oxygens (including phenoxy) is 1. The lowest BCUT2D eigenvalue weighted by Gasteiger charge is -2.17. The maximum absolute atomic E-state index is 11.6. The summed E-state index contributed by atoms with van der Waals surface area (Å²) in [7, 11) is 0. The largest absolute Gasteiger partial charge is 0.461 e. The monoisotopic (exact) mass is 276 g/mol. The van der Waals surface area contributed by atoms with E-state index < -0.39 is 5.41 Å². The van der Waals surface area contributed by atoms with Crippen molar-refractivity contribution in [2.75, 3.05) is 6.54 Å². The van der Waals surface area contributed by atoms with Crippen LogP contribution in [0.1, 0.15) is 30.9 Å². The number of rotatable bonds is 7. The number of esters is 1. The van der Waals surface area contributed by atoms with E-state index in [9.17, 15) is 4.79 Å². The van der Waals surface area contributed by atoms with Crippen molar-refractivity contribution in [3.05, 3.63) is 35.4 Å². The molecular weight excluding hydrogens is 256 g/mol. The molecule has 1 aromatic carbocycles. The van der Waals surface area contributed by atoms with Crippen molar-refractivity contribution >= 4 is 5.97 Å². The zero-order valence-electron chi connectivity index (χ0n) is 11.6. The second-order valence-electron chi connectivity index (χ2n) is 5.01. The molecule has 1 aromatic rings. The van der Waals surface area contributed by atoms with Gasteiger partial charge in [0.15, 0.2) is 0 Å². The van der Waals surface area contributed by atoms with E-state index >= 15 is 0 Å². The third-order valence-corrected chi connectivity index (χ3v) is 3.21. The molecule has 0 saturated heterocycles. The minimum atomic E-state index is -0.679. The second-order valence-corrected chi connectivity index (χ2v) is 5.01. The van der Waals surface area contributed by atoms with Crippen molar-refractivity contribution in [1.82, 2.24) is 0 Å². The molecule has 0 bridgehead atoms. The second kappa shape index (κ2) is 7.63. The first kappa shape index (κ1) is 16.2. The van der Waals surface area contributed by atoms with Crippen LogP contribution in [0.25, 0.3) is 0 Å². The Labute approximate surface area is 119 Å². The van der Waals surface area contributed by atoms with Crippen molar-refractivity contribution in [3.63, 3.8) is 0 Å². The first-order valence-electron chi connectivity index (χ1n) is 6.48. The van der Waals surface area contributed by atoms with Crippen LogP contribution in [0.4, 0.5) is 0 Å². The summed E-state index contributed by atoms with van der Waals surface area (Å²) in [4.78, 5) is 11.6. The van der Waals surface area contributed by atoms with Gasteiger partial charge in [-0.2, -0.15) is 5.26 Å². The van der Waals surface area contributed by atoms with Crippen molar-refractivity contribution in [2.24, 2.45) is 11.1 Å². The quantitative estimate of drug-likeness (QED) is 0.735. The summed E-state index contributed by atoms with van der Waals surface area (Å²) >= 11 is 0. The summed E-state index contributed by atoms with van der Waals surface area (Å²) in [5.74, 6) is -0.342. The Balaban J connectivity index is 2.38. The molecule has 0 aliphatic carbocycles. The van der Waals surface area contributed by atoms with Crippen molar-refractivity contribution in [1.29, 1.82) is 5.26 Å². The minimum absolute atomic E-state index is 0.00804. The molecule has 1 atom stereocenters. The van der Waals surface area contributed by atoms with E-state index in [1.54, 1.807) is 31.2 Å². The molecule has 0 aliphatic rings. The molecule has 1 unspecified atom stereocenters. The normalized spacial score (nSPS) is 13.3. The summed E-state index contributed by atoms with van der Waals surface area (Å²) < 4.78 is 5.13. The van der Waals surface area contributed by atoms with Crippen molar-refractivity contribution < 1.29 is 14.6 Å². The number of nitrogens with zero attached hydrogens (tertiary/aromatic N) is 1. The number of benzene rings is 1. The summed E-state index contributed by atoms with van der Waals surface area (Å²) in [5, 5.41) is 17.9. The average Bonchev–Trinajstić information content (AvgIpc) is 2.51. The molecule has 0 aromatic heterocycles. The third-order valence-electron chi connectivity index (χ3n) is 3.21.